The molecule has 5 nitrogen and oxygen atoms in total. The highest BCUT2D eigenvalue weighted by Gasteiger charge is 2.19. The van der Waals surface area contributed by atoms with Gasteiger partial charge in [0.15, 0.2) is 0 Å². The number of carbonyl (C=O) groups excluding carboxylic acids is 1. The van der Waals surface area contributed by atoms with Gasteiger partial charge in [-0.05, 0) is 43.7 Å². The third-order valence-corrected chi connectivity index (χ3v) is 4.49. The number of benzene rings is 2. The number of carbonyl (C=O) groups is 1. The number of nitrogens with one attached hydrogen (secondary N) is 1. The molecular weight excluding hydrogens is 326 g/mol. The molecule has 0 fully saturated rings. The number of amides is 1. The summed E-state index contributed by atoms with van der Waals surface area (Å²) in [5.41, 5.74) is 2.65. The Hall–Kier alpha value is -2.82. The van der Waals surface area contributed by atoms with Crippen LogP contribution in [0.1, 0.15) is 48.9 Å². The van der Waals surface area contributed by atoms with E-state index in [1.54, 1.807) is 19.2 Å². The third-order valence-electron chi connectivity index (χ3n) is 4.49. The van der Waals surface area contributed by atoms with Crippen molar-refractivity contribution in [2.75, 3.05) is 7.11 Å². The van der Waals surface area contributed by atoms with Gasteiger partial charge in [0, 0.05) is 12.1 Å². The fourth-order valence-electron chi connectivity index (χ4n) is 3.08. The average Bonchev–Trinajstić information content (AvgIpc) is 3.05. The van der Waals surface area contributed by atoms with Gasteiger partial charge < -0.3 is 14.6 Å². The largest absolute Gasteiger partial charge is 0.497 e. The molecule has 0 spiro atoms. The normalized spacial score (nSPS) is 12.1. The number of nitrogens with zero attached hydrogens (tertiary/aromatic N) is 2. The van der Waals surface area contributed by atoms with Gasteiger partial charge in [0.1, 0.15) is 11.6 Å². The minimum atomic E-state index is -0.196. The maximum absolute atomic E-state index is 12.6. The second kappa shape index (κ2) is 8.04. The number of fused-ring (bicyclic) bond motifs is 1. The van der Waals surface area contributed by atoms with Gasteiger partial charge in [-0.2, -0.15) is 0 Å². The zero-order valence-corrected chi connectivity index (χ0v) is 15.5. The van der Waals surface area contributed by atoms with Gasteiger partial charge in [0.25, 0.3) is 5.91 Å². The number of methoxy groups -OCH3 is 1. The molecule has 0 aliphatic carbocycles. The minimum Gasteiger partial charge on any atom is -0.497 e. The summed E-state index contributed by atoms with van der Waals surface area (Å²) in [6.07, 6.45) is 2.18. The molecule has 0 aliphatic heterocycles. The van der Waals surface area contributed by atoms with Crippen molar-refractivity contribution in [3.63, 3.8) is 0 Å². The molecular formula is C21H25N3O2. The summed E-state index contributed by atoms with van der Waals surface area (Å²) in [4.78, 5) is 17.4. The Labute approximate surface area is 154 Å². The lowest BCUT2D eigenvalue weighted by molar-refractivity contribution is 0.0937. The number of hydrogen-bond donors (Lipinski definition) is 1. The lowest BCUT2D eigenvalue weighted by Gasteiger charge is -2.16. The standard InChI is InChI=1S/C21H25N3O2/c1-4-5-13-24-19-12-7-6-11-18(19)23-20(24)15(2)22-21(25)16-9-8-10-17(14-16)26-3/h6-12,14-15H,4-5,13H2,1-3H3,(H,22,25). The summed E-state index contributed by atoms with van der Waals surface area (Å²) < 4.78 is 7.42. The quantitative estimate of drug-likeness (QED) is 0.689. The number of para-hydroxylation sites is 2. The van der Waals surface area contributed by atoms with Crippen LogP contribution in [0, 0.1) is 0 Å². The zero-order valence-electron chi connectivity index (χ0n) is 15.5. The molecule has 0 radical (unpaired) electrons. The minimum absolute atomic E-state index is 0.134. The van der Waals surface area contributed by atoms with E-state index < -0.39 is 0 Å². The predicted molar refractivity (Wildman–Crippen MR) is 104 cm³/mol. The molecule has 26 heavy (non-hydrogen) atoms. The first-order chi connectivity index (χ1) is 12.6. The molecule has 1 aromatic heterocycles. The van der Waals surface area contributed by atoms with Crippen LogP contribution in [0.4, 0.5) is 0 Å². The second-order valence-corrected chi connectivity index (χ2v) is 6.39. The maximum Gasteiger partial charge on any atom is 0.251 e. The number of hydrogen-bond acceptors (Lipinski definition) is 3. The number of aryl methyl sites for hydroxylation is 1. The smallest absolute Gasteiger partial charge is 0.251 e. The van der Waals surface area contributed by atoms with E-state index in [2.05, 4.69) is 22.9 Å². The summed E-state index contributed by atoms with van der Waals surface area (Å²) in [5.74, 6) is 1.42. The van der Waals surface area contributed by atoms with E-state index in [1.165, 1.54) is 0 Å². The lowest BCUT2D eigenvalue weighted by Crippen LogP contribution is -2.28. The van der Waals surface area contributed by atoms with Crippen molar-refractivity contribution in [2.24, 2.45) is 0 Å². The van der Waals surface area contributed by atoms with Gasteiger partial charge in [-0.3, -0.25) is 4.79 Å². The van der Waals surface area contributed by atoms with Crippen LogP contribution in [0.25, 0.3) is 11.0 Å². The first-order valence-electron chi connectivity index (χ1n) is 9.04. The summed E-state index contributed by atoms with van der Waals surface area (Å²) in [5, 5.41) is 3.06. The van der Waals surface area contributed by atoms with Crippen molar-refractivity contribution in [1.82, 2.24) is 14.9 Å². The van der Waals surface area contributed by atoms with Gasteiger partial charge in [-0.25, -0.2) is 4.98 Å². The maximum atomic E-state index is 12.6. The van der Waals surface area contributed by atoms with Crippen LogP contribution in [0.3, 0.4) is 0 Å². The molecule has 1 N–H and O–H groups in total. The summed E-state index contributed by atoms with van der Waals surface area (Å²) >= 11 is 0. The highest BCUT2D eigenvalue weighted by molar-refractivity contribution is 5.94. The van der Waals surface area contributed by atoms with Crippen molar-refractivity contribution in [2.45, 2.75) is 39.3 Å². The van der Waals surface area contributed by atoms with Crippen molar-refractivity contribution in [3.8, 4) is 5.75 Å². The number of ether oxygens (including phenoxy) is 1. The molecule has 136 valence electrons. The Bertz CT molecular complexity index is 901. The van der Waals surface area contributed by atoms with E-state index in [1.807, 2.05) is 37.3 Å². The summed E-state index contributed by atoms with van der Waals surface area (Å²) in [6, 6.07) is 15.1. The van der Waals surface area contributed by atoms with E-state index >= 15 is 0 Å². The number of unbranched alkanes of at least 4 members (excludes halogenated alkanes) is 1. The molecule has 3 aromatic rings. The van der Waals surface area contributed by atoms with E-state index in [0.29, 0.717) is 11.3 Å². The van der Waals surface area contributed by atoms with Crippen LogP contribution in [-0.4, -0.2) is 22.6 Å². The molecule has 1 amide bonds. The monoisotopic (exact) mass is 351 g/mol. The van der Waals surface area contributed by atoms with E-state index in [-0.39, 0.29) is 11.9 Å². The van der Waals surface area contributed by atoms with Crippen molar-refractivity contribution in [1.29, 1.82) is 0 Å². The third kappa shape index (κ3) is 3.72. The second-order valence-electron chi connectivity index (χ2n) is 6.39. The Morgan fingerprint density at radius 3 is 2.81 bits per heavy atom. The molecule has 5 heteroatoms. The molecule has 0 aliphatic rings. The fourth-order valence-corrected chi connectivity index (χ4v) is 3.08. The summed E-state index contributed by atoms with van der Waals surface area (Å²) in [6.45, 7) is 5.04. The van der Waals surface area contributed by atoms with Crippen LogP contribution in [0.5, 0.6) is 5.75 Å². The van der Waals surface area contributed by atoms with Gasteiger partial charge in [-0.1, -0.05) is 31.5 Å². The topological polar surface area (TPSA) is 56.2 Å². The van der Waals surface area contributed by atoms with E-state index in [9.17, 15) is 4.79 Å². The van der Waals surface area contributed by atoms with Gasteiger partial charge in [0.2, 0.25) is 0 Å². The molecule has 0 saturated heterocycles. The fraction of sp³-hybridized carbons (Fsp3) is 0.333. The molecule has 1 heterocycles. The molecule has 1 atom stereocenters. The highest BCUT2D eigenvalue weighted by atomic mass is 16.5. The summed E-state index contributed by atoms with van der Waals surface area (Å²) in [7, 11) is 1.59. The van der Waals surface area contributed by atoms with Crippen molar-refractivity contribution >= 4 is 16.9 Å². The van der Waals surface area contributed by atoms with Gasteiger partial charge in [-0.15, -0.1) is 0 Å². The molecule has 0 saturated carbocycles. The highest BCUT2D eigenvalue weighted by Crippen LogP contribution is 2.22. The van der Waals surface area contributed by atoms with Crippen LogP contribution < -0.4 is 10.1 Å². The van der Waals surface area contributed by atoms with Crippen LogP contribution in [0.2, 0.25) is 0 Å². The first-order valence-corrected chi connectivity index (χ1v) is 9.04. The molecule has 3 rings (SSSR count). The first kappa shape index (κ1) is 18.0. The number of aromatic nitrogens is 2. The Kier molecular flexibility index (Phi) is 5.56. The number of rotatable bonds is 7. The Morgan fingerprint density at radius 1 is 1.23 bits per heavy atom. The van der Waals surface area contributed by atoms with Crippen LogP contribution in [-0.2, 0) is 6.54 Å². The average molecular weight is 351 g/mol. The van der Waals surface area contributed by atoms with E-state index in [0.717, 1.165) is 36.2 Å². The Morgan fingerprint density at radius 2 is 2.04 bits per heavy atom. The molecule has 2 aromatic carbocycles. The number of imidazole rings is 1. The van der Waals surface area contributed by atoms with Crippen molar-refractivity contribution in [3.05, 3.63) is 59.9 Å². The van der Waals surface area contributed by atoms with Crippen LogP contribution in [0.15, 0.2) is 48.5 Å². The molecule has 0 bridgehead atoms. The zero-order chi connectivity index (χ0) is 18.5. The molecule has 1 unspecified atom stereocenters. The van der Waals surface area contributed by atoms with Gasteiger partial charge >= 0.3 is 0 Å². The van der Waals surface area contributed by atoms with Gasteiger partial charge in [0.05, 0.1) is 24.2 Å². The Balaban J connectivity index is 1.86. The van der Waals surface area contributed by atoms with E-state index in [4.69, 9.17) is 9.72 Å². The SMILES string of the molecule is CCCCn1c(C(C)NC(=O)c2cccc(OC)c2)nc2ccccc21. The lowest BCUT2D eigenvalue weighted by atomic mass is 10.2. The predicted octanol–water partition coefficient (Wildman–Crippen LogP) is 4.34. The van der Waals surface area contributed by atoms with Crippen LogP contribution >= 0.6 is 0 Å². The van der Waals surface area contributed by atoms with Crippen molar-refractivity contribution < 1.29 is 9.53 Å².